The minimum absolute atomic E-state index is 0. The molecule has 29 heavy (non-hydrogen) atoms. The molecular formula is C23H31IN4O. The Morgan fingerprint density at radius 3 is 2.62 bits per heavy atom. The van der Waals surface area contributed by atoms with Gasteiger partial charge in [-0.3, -0.25) is 9.98 Å². The number of nitrogens with one attached hydrogen (secondary N) is 1. The van der Waals surface area contributed by atoms with E-state index in [0.717, 1.165) is 48.9 Å². The fourth-order valence-corrected chi connectivity index (χ4v) is 4.48. The van der Waals surface area contributed by atoms with E-state index >= 15 is 0 Å². The molecule has 0 bridgehead atoms. The maximum absolute atomic E-state index is 5.90. The van der Waals surface area contributed by atoms with E-state index in [-0.39, 0.29) is 24.0 Å². The predicted molar refractivity (Wildman–Crippen MR) is 128 cm³/mol. The smallest absolute Gasteiger partial charge is 0.193 e. The number of hydrogen-bond donors (Lipinski definition) is 1. The van der Waals surface area contributed by atoms with Gasteiger partial charge in [-0.15, -0.1) is 24.0 Å². The maximum Gasteiger partial charge on any atom is 0.193 e. The quantitative estimate of drug-likeness (QED) is 0.369. The molecule has 2 atom stereocenters. The molecule has 6 heteroatoms. The molecule has 1 saturated carbocycles. The molecule has 5 nitrogen and oxygen atoms in total. The molecule has 1 aliphatic heterocycles. The highest BCUT2D eigenvalue weighted by Gasteiger charge is 2.35. The molecule has 2 aliphatic rings. The Bertz CT molecular complexity index is 784. The Labute approximate surface area is 191 Å². The van der Waals surface area contributed by atoms with Crippen molar-refractivity contribution in [3.63, 3.8) is 0 Å². The minimum Gasteiger partial charge on any atom is -0.487 e. The van der Waals surface area contributed by atoms with Crippen LogP contribution in [0.15, 0.2) is 53.7 Å². The number of aromatic nitrogens is 1. The van der Waals surface area contributed by atoms with Crippen LogP contribution in [-0.4, -0.2) is 36.0 Å². The van der Waals surface area contributed by atoms with Crippen LogP contribution in [0.3, 0.4) is 0 Å². The molecule has 2 heterocycles. The second kappa shape index (κ2) is 10.8. The monoisotopic (exact) mass is 506 g/mol. The molecule has 2 fully saturated rings. The van der Waals surface area contributed by atoms with Gasteiger partial charge < -0.3 is 15.0 Å². The lowest BCUT2D eigenvalue weighted by Gasteiger charge is -2.22. The standard InChI is InChI=1S/C23H30N4O.HI/c1-24-23(27-15-19-8-2-3-9-20(19)16-27)26-14-18-7-6-11-22(13-18)28-17-21-10-4-5-12-25-21;/h4-7,10-13,19-20H,2-3,8-9,14-17H2,1H3,(H,24,26);1H. The van der Waals surface area contributed by atoms with Crippen molar-refractivity contribution in [2.24, 2.45) is 16.8 Å². The van der Waals surface area contributed by atoms with Gasteiger partial charge in [-0.2, -0.15) is 0 Å². The van der Waals surface area contributed by atoms with E-state index in [4.69, 9.17) is 4.74 Å². The first-order chi connectivity index (χ1) is 13.8. The van der Waals surface area contributed by atoms with Crippen molar-refractivity contribution in [1.29, 1.82) is 0 Å². The Morgan fingerprint density at radius 1 is 1.14 bits per heavy atom. The van der Waals surface area contributed by atoms with E-state index in [1.165, 1.54) is 31.2 Å². The molecule has 0 amide bonds. The van der Waals surface area contributed by atoms with Crippen LogP contribution >= 0.6 is 24.0 Å². The van der Waals surface area contributed by atoms with Gasteiger partial charge in [0.1, 0.15) is 12.4 Å². The Hall–Kier alpha value is -1.83. The number of likely N-dealkylation sites (tertiary alicyclic amines) is 1. The summed E-state index contributed by atoms with van der Waals surface area (Å²) in [6.45, 7) is 3.53. The minimum atomic E-state index is 0. The third-order valence-corrected chi connectivity index (χ3v) is 5.95. The molecule has 0 radical (unpaired) electrons. The number of halogens is 1. The second-order valence-electron chi connectivity index (χ2n) is 7.87. The van der Waals surface area contributed by atoms with Crippen molar-refractivity contribution < 1.29 is 4.74 Å². The molecule has 1 saturated heterocycles. The summed E-state index contributed by atoms with van der Waals surface area (Å²) < 4.78 is 5.90. The van der Waals surface area contributed by atoms with E-state index in [9.17, 15) is 0 Å². The summed E-state index contributed by atoms with van der Waals surface area (Å²) >= 11 is 0. The van der Waals surface area contributed by atoms with Crippen molar-refractivity contribution in [3.8, 4) is 5.75 Å². The summed E-state index contributed by atoms with van der Waals surface area (Å²) in [6.07, 6.45) is 7.35. The molecule has 2 unspecified atom stereocenters. The van der Waals surface area contributed by atoms with E-state index in [0.29, 0.717) is 6.61 Å². The Morgan fingerprint density at radius 2 is 1.93 bits per heavy atom. The highest BCUT2D eigenvalue weighted by atomic mass is 127. The van der Waals surface area contributed by atoms with Gasteiger partial charge in [0, 0.05) is 32.9 Å². The number of benzene rings is 1. The largest absolute Gasteiger partial charge is 0.487 e. The molecule has 156 valence electrons. The zero-order valence-corrected chi connectivity index (χ0v) is 19.4. The number of fused-ring (bicyclic) bond motifs is 1. The molecule has 1 aromatic carbocycles. The van der Waals surface area contributed by atoms with E-state index in [1.807, 2.05) is 37.4 Å². The van der Waals surface area contributed by atoms with Gasteiger partial charge in [0.05, 0.1) is 5.69 Å². The summed E-state index contributed by atoms with van der Waals surface area (Å²) in [7, 11) is 1.89. The van der Waals surface area contributed by atoms with Crippen LogP contribution in [-0.2, 0) is 13.2 Å². The zero-order chi connectivity index (χ0) is 19.2. The number of aliphatic imine (C=N–C) groups is 1. The Balaban J connectivity index is 0.00000240. The summed E-state index contributed by atoms with van der Waals surface area (Å²) in [5.41, 5.74) is 2.12. The molecule has 2 aromatic rings. The number of hydrogen-bond acceptors (Lipinski definition) is 3. The van der Waals surface area contributed by atoms with E-state index in [2.05, 4.69) is 32.3 Å². The normalized spacial score (nSPS) is 21.3. The van der Waals surface area contributed by atoms with Crippen LogP contribution in [0.2, 0.25) is 0 Å². The number of pyridine rings is 1. The lowest BCUT2D eigenvalue weighted by molar-refractivity contribution is 0.299. The van der Waals surface area contributed by atoms with Gasteiger partial charge in [-0.1, -0.05) is 31.0 Å². The number of guanidine groups is 1. The van der Waals surface area contributed by atoms with E-state index in [1.54, 1.807) is 6.20 Å². The number of rotatable bonds is 5. The van der Waals surface area contributed by atoms with Crippen molar-refractivity contribution in [2.75, 3.05) is 20.1 Å². The zero-order valence-electron chi connectivity index (χ0n) is 17.1. The fourth-order valence-electron chi connectivity index (χ4n) is 4.48. The van der Waals surface area contributed by atoms with Crippen LogP contribution in [0.1, 0.15) is 36.9 Å². The second-order valence-corrected chi connectivity index (χ2v) is 7.87. The summed E-state index contributed by atoms with van der Waals surface area (Å²) in [4.78, 5) is 11.3. The average Bonchev–Trinajstić information content (AvgIpc) is 3.18. The third-order valence-electron chi connectivity index (χ3n) is 5.95. The summed E-state index contributed by atoms with van der Waals surface area (Å²) in [6, 6.07) is 14.1. The summed E-state index contributed by atoms with van der Waals surface area (Å²) in [5, 5.41) is 3.55. The first-order valence-corrected chi connectivity index (χ1v) is 10.4. The first kappa shape index (κ1) is 21.9. The molecule has 1 N–H and O–H groups in total. The Kier molecular flexibility index (Phi) is 8.15. The van der Waals surface area contributed by atoms with Crippen molar-refractivity contribution in [2.45, 2.75) is 38.8 Å². The van der Waals surface area contributed by atoms with Crippen molar-refractivity contribution in [1.82, 2.24) is 15.2 Å². The maximum atomic E-state index is 5.90. The van der Waals surface area contributed by atoms with Crippen LogP contribution in [0.5, 0.6) is 5.75 Å². The van der Waals surface area contributed by atoms with Crippen LogP contribution in [0.25, 0.3) is 0 Å². The highest BCUT2D eigenvalue weighted by molar-refractivity contribution is 14.0. The lowest BCUT2D eigenvalue weighted by atomic mass is 9.82. The number of nitrogens with zero attached hydrogens (tertiary/aromatic N) is 3. The van der Waals surface area contributed by atoms with Gasteiger partial charge in [-0.25, -0.2) is 0 Å². The van der Waals surface area contributed by atoms with Crippen LogP contribution in [0.4, 0.5) is 0 Å². The first-order valence-electron chi connectivity index (χ1n) is 10.4. The van der Waals surface area contributed by atoms with Crippen LogP contribution in [0, 0.1) is 11.8 Å². The molecule has 0 spiro atoms. The topological polar surface area (TPSA) is 49.8 Å². The molecule has 1 aliphatic carbocycles. The highest BCUT2D eigenvalue weighted by Crippen LogP contribution is 2.35. The van der Waals surface area contributed by atoms with Crippen LogP contribution < -0.4 is 10.1 Å². The average molecular weight is 506 g/mol. The van der Waals surface area contributed by atoms with Gasteiger partial charge in [-0.05, 0) is 54.5 Å². The molecule has 1 aromatic heterocycles. The van der Waals surface area contributed by atoms with Crippen molar-refractivity contribution >= 4 is 29.9 Å². The van der Waals surface area contributed by atoms with Gasteiger partial charge in [0.15, 0.2) is 5.96 Å². The molecule has 4 rings (SSSR count). The van der Waals surface area contributed by atoms with Gasteiger partial charge >= 0.3 is 0 Å². The fraction of sp³-hybridized carbons (Fsp3) is 0.478. The van der Waals surface area contributed by atoms with Gasteiger partial charge in [0.25, 0.3) is 0 Å². The third kappa shape index (κ3) is 5.84. The predicted octanol–water partition coefficient (Wildman–Crippen LogP) is 4.48. The SMILES string of the molecule is CN=C(NCc1cccc(OCc2ccccn2)c1)N1CC2CCCCC2C1.I. The van der Waals surface area contributed by atoms with Crippen molar-refractivity contribution in [3.05, 3.63) is 59.9 Å². The molecular weight excluding hydrogens is 475 g/mol. The van der Waals surface area contributed by atoms with E-state index < -0.39 is 0 Å². The lowest BCUT2D eigenvalue weighted by Crippen LogP contribution is -2.39. The van der Waals surface area contributed by atoms with Gasteiger partial charge in [0.2, 0.25) is 0 Å². The number of ether oxygens (including phenoxy) is 1. The summed E-state index contributed by atoms with van der Waals surface area (Å²) in [5.74, 6) is 3.60.